The third-order valence-corrected chi connectivity index (χ3v) is 20.9. The zero-order valence-electron chi connectivity index (χ0n) is 66.2. The first kappa shape index (κ1) is 93.0. The number of hydrogen-bond donors (Lipinski definition) is 0. The van der Waals surface area contributed by atoms with Gasteiger partial charge in [-0.05, 0) is 154 Å². The van der Waals surface area contributed by atoms with E-state index >= 15 is 0 Å². The van der Waals surface area contributed by atoms with Crippen molar-refractivity contribution in [2.24, 2.45) is 0 Å². The number of allylic oxidation sites excluding steroid dienone is 2. The van der Waals surface area contributed by atoms with Gasteiger partial charge < -0.3 is 19.4 Å². The average Bonchev–Trinajstić information content (AvgIpc) is 1.80. The molecule has 0 radical (unpaired) electrons. The number of aryl methyl sites for hydroxylation is 4. The predicted molar refractivity (Wildman–Crippen MR) is 428 cm³/mol. The third-order valence-electron chi connectivity index (χ3n) is 20.9. The van der Waals surface area contributed by atoms with Gasteiger partial charge in [0.25, 0.3) is 0 Å². The van der Waals surface area contributed by atoms with E-state index in [1.165, 1.54) is 369 Å². The number of unbranched alkanes of at least 4 members (excludes halogenated alkanes) is 47. The Morgan fingerprint density at radius 3 is 0.663 bits per heavy atom. The van der Waals surface area contributed by atoms with Crippen molar-refractivity contribution < 1.29 is 21.2 Å². The number of rotatable bonds is 64. The molecule has 3 heteroatoms. The smallest absolute Gasteiger partial charge is 0.493 e. The third kappa shape index (κ3) is 45.5. The molecule has 0 aliphatic carbocycles. The molecule has 0 atom stereocenters. The normalized spacial score (nSPS) is 12.2. The van der Waals surface area contributed by atoms with Crippen LogP contribution in [0, 0.1) is 13.8 Å². The molecule has 0 saturated carbocycles. The van der Waals surface area contributed by atoms with Crippen molar-refractivity contribution in [1.82, 2.24) is 0 Å². The first-order chi connectivity index (χ1) is 46.3. The topological polar surface area (TPSA) is 25.3 Å². The molecule has 0 unspecified atom stereocenters. The van der Waals surface area contributed by atoms with E-state index in [0.29, 0.717) is 0 Å². The summed E-state index contributed by atoms with van der Waals surface area (Å²) < 4.78 is 1.72. The van der Waals surface area contributed by atoms with Crippen LogP contribution in [-0.4, -0.2) is 4.70 Å². The Balaban J connectivity index is 0.00000205. The van der Waals surface area contributed by atoms with E-state index in [2.05, 4.69) is 107 Å². The molecule has 3 rings (SSSR count). The summed E-state index contributed by atoms with van der Waals surface area (Å²) in [4.78, 5) is 0. The molecule has 1 aliphatic heterocycles. The zero-order valence-corrected chi connectivity index (χ0v) is 67.2. The van der Waals surface area contributed by atoms with Gasteiger partial charge in [0.2, 0.25) is 11.4 Å². The van der Waals surface area contributed by atoms with E-state index in [9.17, 15) is 5.53 Å². The Labute approximate surface area is 608 Å². The first-order valence-corrected chi connectivity index (χ1v) is 43.1. The minimum atomic E-state index is 0. The number of nitrogens with zero attached hydrogens (tertiary/aromatic N) is 2. The minimum absolute atomic E-state index is 0. The molecule has 554 valence electrons. The van der Waals surface area contributed by atoms with Gasteiger partial charge in [-0.3, -0.25) is 0 Å². The maximum Gasteiger partial charge on any atom is 2.00 e. The van der Waals surface area contributed by atoms with Crippen molar-refractivity contribution in [3.8, 4) is 0 Å². The quantitative estimate of drug-likeness (QED) is 0.0273. The van der Waals surface area contributed by atoms with Gasteiger partial charge in [-0.15, -0.1) is 0 Å². The summed E-state index contributed by atoms with van der Waals surface area (Å²) in [6.07, 6.45) is 85.0. The molecule has 2 nitrogen and oxygen atoms in total. The Hall–Kier alpha value is -1.99. The molecule has 2 aromatic carbocycles. The van der Waals surface area contributed by atoms with Gasteiger partial charge in [-0.25, -0.2) is 4.70 Å². The van der Waals surface area contributed by atoms with Gasteiger partial charge in [0.15, 0.2) is 0 Å². The standard InChI is InChI=1S/C58H96N2.2C17H35.Ni/c1-9-17-24-30-36-47-43-51(44-48(37-31-25-18-10-2)54(47)41-34-28-21-13-5)57-53(16-8)56(40-23-15-7)58(60(57)59)52-45-49(38-32-26-19-11-3)55(42-35-29-22-14-6)50(46-52)39-33-27-20-12-4;2*1-3-5-7-9-11-13-15-17-16-14-12-10-8-6-4-2;/h43-46H,9-42H2,1-8H3;2*1,3-17H2,2H3;/q;2*-1;+2. The van der Waals surface area contributed by atoms with Gasteiger partial charge in [-0.1, -0.05) is 371 Å². The van der Waals surface area contributed by atoms with Gasteiger partial charge >= 0.3 is 16.5 Å². The molecule has 0 bridgehead atoms. The van der Waals surface area contributed by atoms with Crippen molar-refractivity contribution >= 4 is 11.4 Å². The average molecular weight is 1360 g/mol. The van der Waals surface area contributed by atoms with Crippen LogP contribution in [0.5, 0.6) is 0 Å². The van der Waals surface area contributed by atoms with E-state index < -0.39 is 0 Å². The van der Waals surface area contributed by atoms with Crippen molar-refractivity contribution in [2.75, 3.05) is 0 Å². The molecule has 2 aromatic rings. The van der Waals surface area contributed by atoms with Crippen molar-refractivity contribution in [3.63, 3.8) is 0 Å². The Morgan fingerprint density at radius 1 is 0.242 bits per heavy atom. The molecule has 0 amide bonds. The second kappa shape index (κ2) is 69.1. The van der Waals surface area contributed by atoms with Crippen LogP contribution in [0.3, 0.4) is 0 Å². The molecule has 1 aliphatic rings. The van der Waals surface area contributed by atoms with Crippen LogP contribution in [0.25, 0.3) is 16.9 Å². The molecular weight excluding hydrogens is 1190 g/mol. The van der Waals surface area contributed by atoms with Crippen LogP contribution < -0.4 is 0 Å². The molecule has 95 heavy (non-hydrogen) atoms. The fraction of sp³-hybridized carbons (Fsp3) is 0.804. The Kier molecular flexibility index (Phi) is 67.7. The van der Waals surface area contributed by atoms with Gasteiger partial charge in [-0.2, -0.15) is 12.8 Å². The SMILES string of the molecule is CCCCCCc1cc(C2=C(CC)C(CCCC)=C(c3cc(CCCCCC)c(CCCCCC)c(CCCCCC)c3)[N+]2=[N-])cc(CCCCCC)c1CCCCCC.[CH2-]CCCCCCCCCCCCCCCC.[CH2-]CCCCCCCCCCCCCCCC.[Ni+2]. The fourth-order valence-electron chi connectivity index (χ4n) is 14.8. The first-order valence-electron chi connectivity index (χ1n) is 43.1. The van der Waals surface area contributed by atoms with E-state index in [1.54, 1.807) is 38.1 Å². The van der Waals surface area contributed by atoms with Crippen molar-refractivity contribution in [3.05, 3.63) is 99.3 Å². The second-order valence-corrected chi connectivity index (χ2v) is 29.7. The van der Waals surface area contributed by atoms with E-state index in [0.717, 1.165) is 75.6 Å². The number of benzene rings is 2. The summed E-state index contributed by atoms with van der Waals surface area (Å²) >= 11 is 0. The molecule has 0 fully saturated rings. The maximum atomic E-state index is 12.9. The van der Waals surface area contributed by atoms with Crippen molar-refractivity contribution in [2.45, 2.75) is 480 Å². The van der Waals surface area contributed by atoms with E-state index in [-0.39, 0.29) is 16.5 Å². The Bertz CT molecular complexity index is 1960. The molecular formula is C92H166N2Ni. The summed E-state index contributed by atoms with van der Waals surface area (Å²) in [5.74, 6) is 0. The van der Waals surface area contributed by atoms with Crippen LogP contribution in [0.2, 0.25) is 0 Å². The maximum absolute atomic E-state index is 12.9. The fourth-order valence-corrected chi connectivity index (χ4v) is 14.8. The van der Waals surface area contributed by atoms with Crippen LogP contribution in [0.1, 0.15) is 486 Å². The molecule has 0 saturated heterocycles. The van der Waals surface area contributed by atoms with Gasteiger partial charge in [0, 0.05) is 22.3 Å². The monoisotopic (exact) mass is 1360 g/mol. The summed E-state index contributed by atoms with van der Waals surface area (Å²) in [5, 5.41) is 0. The number of hydrogen-bond acceptors (Lipinski definition) is 0. The van der Waals surface area contributed by atoms with Crippen LogP contribution in [0.15, 0.2) is 35.4 Å². The van der Waals surface area contributed by atoms with Crippen LogP contribution >= 0.6 is 0 Å². The van der Waals surface area contributed by atoms with Crippen LogP contribution in [0.4, 0.5) is 0 Å². The van der Waals surface area contributed by atoms with Crippen LogP contribution in [-0.2, 0) is 55.0 Å². The van der Waals surface area contributed by atoms with Gasteiger partial charge in [0.05, 0.1) is 0 Å². The molecule has 0 N–H and O–H groups in total. The largest absolute Gasteiger partial charge is 2.00 e. The molecule has 0 aromatic heterocycles. The summed E-state index contributed by atoms with van der Waals surface area (Å²) in [5.41, 5.74) is 30.0. The molecule has 1 heterocycles. The summed E-state index contributed by atoms with van der Waals surface area (Å²) in [7, 11) is 0. The van der Waals surface area contributed by atoms with Crippen molar-refractivity contribution in [1.29, 1.82) is 0 Å². The zero-order chi connectivity index (χ0) is 68.6. The van der Waals surface area contributed by atoms with E-state index in [1.807, 2.05) is 0 Å². The van der Waals surface area contributed by atoms with E-state index in [4.69, 9.17) is 0 Å². The predicted octanol–water partition coefficient (Wildman–Crippen LogP) is 32.6. The minimum Gasteiger partial charge on any atom is -0.493 e. The summed E-state index contributed by atoms with van der Waals surface area (Å²) in [6.45, 7) is 31.0. The summed E-state index contributed by atoms with van der Waals surface area (Å²) in [6, 6.07) is 10.2. The second-order valence-electron chi connectivity index (χ2n) is 29.7. The van der Waals surface area contributed by atoms with Gasteiger partial charge in [0.1, 0.15) is 0 Å². The Morgan fingerprint density at radius 2 is 0.442 bits per heavy atom. The molecule has 0 spiro atoms.